The van der Waals surface area contributed by atoms with Gasteiger partial charge >= 0.3 is 0 Å². The van der Waals surface area contributed by atoms with Crippen molar-refractivity contribution in [2.75, 3.05) is 13.1 Å². The van der Waals surface area contributed by atoms with Crippen LogP contribution in [0.2, 0.25) is 0 Å². The molecule has 1 heterocycles. The first-order valence-electron chi connectivity index (χ1n) is 6.74. The minimum atomic E-state index is -0.291. The van der Waals surface area contributed by atoms with E-state index in [-0.39, 0.29) is 17.6 Å². The van der Waals surface area contributed by atoms with Gasteiger partial charge in [-0.1, -0.05) is 17.2 Å². The van der Waals surface area contributed by atoms with Crippen molar-refractivity contribution < 1.29 is 14.0 Å². The van der Waals surface area contributed by atoms with Crippen LogP contribution in [0.4, 0.5) is 0 Å². The van der Waals surface area contributed by atoms with Crippen LogP contribution in [0.25, 0.3) is 0 Å². The van der Waals surface area contributed by atoms with E-state index in [0.29, 0.717) is 18.7 Å². The molecule has 0 fully saturated rings. The number of furan rings is 1. The molecule has 5 nitrogen and oxygen atoms in total. The molecule has 0 radical (unpaired) electrons. The fourth-order valence-corrected chi connectivity index (χ4v) is 2.05. The number of carbonyl (C=O) groups is 2. The summed E-state index contributed by atoms with van der Waals surface area (Å²) < 4.78 is 4.97. The summed E-state index contributed by atoms with van der Waals surface area (Å²) in [5, 5.41) is 5.44. The molecule has 2 amide bonds. The van der Waals surface area contributed by atoms with Crippen molar-refractivity contribution in [3.63, 3.8) is 0 Å². The van der Waals surface area contributed by atoms with Crippen LogP contribution in [0.3, 0.4) is 0 Å². The first-order valence-corrected chi connectivity index (χ1v) is 6.74. The Morgan fingerprint density at radius 3 is 2.19 bits per heavy atom. The van der Waals surface area contributed by atoms with Crippen LogP contribution in [-0.2, 0) is 0 Å². The average Bonchev–Trinajstić information content (AvgIpc) is 2.96. The molecule has 2 aromatic rings. The number of aryl methyl sites for hydroxylation is 2. The normalized spacial score (nSPS) is 10.2. The van der Waals surface area contributed by atoms with Gasteiger partial charge in [-0.25, -0.2) is 0 Å². The lowest BCUT2D eigenvalue weighted by Gasteiger charge is -2.07. The lowest BCUT2D eigenvalue weighted by molar-refractivity contribution is 0.0910. The zero-order valence-corrected chi connectivity index (χ0v) is 12.1. The van der Waals surface area contributed by atoms with Gasteiger partial charge in [0.1, 0.15) is 0 Å². The second-order valence-electron chi connectivity index (χ2n) is 4.87. The number of benzene rings is 1. The molecule has 1 aromatic heterocycles. The fraction of sp³-hybridized carbons (Fsp3) is 0.250. The smallest absolute Gasteiger partial charge is 0.287 e. The zero-order valence-electron chi connectivity index (χ0n) is 12.1. The summed E-state index contributed by atoms with van der Waals surface area (Å²) in [6.45, 7) is 4.61. The summed E-state index contributed by atoms with van der Waals surface area (Å²) in [5.41, 5.74) is 2.72. The molecule has 0 aliphatic rings. The Bertz CT molecular complexity index is 613. The Morgan fingerprint density at radius 1 is 1.00 bits per heavy atom. The number of nitrogens with one attached hydrogen (secondary N) is 2. The molecule has 5 heteroatoms. The van der Waals surface area contributed by atoms with Gasteiger partial charge in [-0.3, -0.25) is 9.59 Å². The summed E-state index contributed by atoms with van der Waals surface area (Å²) in [4.78, 5) is 23.6. The maximum Gasteiger partial charge on any atom is 0.287 e. The Balaban J connectivity index is 1.78. The molecular formula is C16H18N2O3. The lowest BCUT2D eigenvalue weighted by atomic mass is 10.1. The third-order valence-corrected chi connectivity index (χ3v) is 2.92. The van der Waals surface area contributed by atoms with Gasteiger partial charge in [-0.15, -0.1) is 0 Å². The van der Waals surface area contributed by atoms with E-state index in [4.69, 9.17) is 4.42 Å². The molecule has 2 rings (SSSR count). The summed E-state index contributed by atoms with van der Waals surface area (Å²) in [7, 11) is 0. The predicted molar refractivity (Wildman–Crippen MR) is 79.3 cm³/mol. The summed E-state index contributed by atoms with van der Waals surface area (Å²) in [6.07, 6.45) is 1.44. The van der Waals surface area contributed by atoms with Crippen LogP contribution in [-0.4, -0.2) is 24.9 Å². The maximum absolute atomic E-state index is 12.0. The van der Waals surface area contributed by atoms with Crippen molar-refractivity contribution in [1.29, 1.82) is 0 Å². The Kier molecular flexibility index (Phi) is 4.77. The molecule has 0 unspecified atom stereocenters. The van der Waals surface area contributed by atoms with Gasteiger partial charge in [0, 0.05) is 18.7 Å². The van der Waals surface area contributed by atoms with Crippen LogP contribution in [0.1, 0.15) is 32.0 Å². The molecule has 0 saturated heterocycles. The van der Waals surface area contributed by atoms with E-state index < -0.39 is 0 Å². The molecule has 1 aromatic carbocycles. The summed E-state index contributed by atoms with van der Waals surface area (Å²) in [6, 6.07) is 8.92. The van der Waals surface area contributed by atoms with E-state index in [1.165, 1.54) is 6.26 Å². The fourth-order valence-electron chi connectivity index (χ4n) is 2.05. The number of rotatable bonds is 5. The van der Waals surface area contributed by atoms with Crippen molar-refractivity contribution in [3.05, 3.63) is 59.0 Å². The highest BCUT2D eigenvalue weighted by molar-refractivity contribution is 5.94. The van der Waals surface area contributed by atoms with Gasteiger partial charge in [0.2, 0.25) is 0 Å². The van der Waals surface area contributed by atoms with E-state index >= 15 is 0 Å². The predicted octanol–water partition coefficient (Wildman–Crippen LogP) is 2.06. The van der Waals surface area contributed by atoms with Crippen LogP contribution < -0.4 is 10.6 Å². The highest BCUT2D eigenvalue weighted by Gasteiger charge is 2.08. The Hall–Kier alpha value is -2.56. The van der Waals surface area contributed by atoms with Crippen LogP contribution in [0.5, 0.6) is 0 Å². The number of carbonyl (C=O) groups excluding carboxylic acids is 2. The summed E-state index contributed by atoms with van der Waals surface area (Å²) in [5.74, 6) is -0.176. The molecule has 21 heavy (non-hydrogen) atoms. The SMILES string of the molecule is Cc1cc(C)cc(C(=O)NCCNC(=O)c2ccco2)c1. The standard InChI is InChI=1S/C16H18N2O3/c1-11-8-12(2)10-13(9-11)15(19)17-5-6-18-16(20)14-4-3-7-21-14/h3-4,7-10H,5-6H2,1-2H3,(H,17,19)(H,18,20). The number of hydrogen-bond donors (Lipinski definition) is 2. The van der Waals surface area contributed by atoms with E-state index in [2.05, 4.69) is 10.6 Å². The topological polar surface area (TPSA) is 71.3 Å². The largest absolute Gasteiger partial charge is 0.459 e. The second-order valence-corrected chi connectivity index (χ2v) is 4.87. The zero-order chi connectivity index (χ0) is 15.2. The minimum absolute atomic E-state index is 0.144. The molecule has 0 bridgehead atoms. The third-order valence-electron chi connectivity index (χ3n) is 2.92. The second kappa shape index (κ2) is 6.74. The molecule has 0 aliphatic carbocycles. The first kappa shape index (κ1) is 14.8. The van der Waals surface area contributed by atoms with Gasteiger partial charge in [0.05, 0.1) is 6.26 Å². The number of amides is 2. The van der Waals surface area contributed by atoms with Crippen molar-refractivity contribution in [1.82, 2.24) is 10.6 Å². The summed E-state index contributed by atoms with van der Waals surface area (Å²) >= 11 is 0. The third kappa shape index (κ3) is 4.21. The van der Waals surface area contributed by atoms with Crippen LogP contribution in [0, 0.1) is 13.8 Å². The van der Waals surface area contributed by atoms with E-state index in [9.17, 15) is 9.59 Å². The van der Waals surface area contributed by atoms with Crippen LogP contribution >= 0.6 is 0 Å². The van der Waals surface area contributed by atoms with E-state index in [1.54, 1.807) is 12.1 Å². The Labute approximate surface area is 123 Å². The van der Waals surface area contributed by atoms with Gasteiger partial charge in [0.15, 0.2) is 5.76 Å². The minimum Gasteiger partial charge on any atom is -0.459 e. The highest BCUT2D eigenvalue weighted by atomic mass is 16.3. The van der Waals surface area contributed by atoms with Gasteiger partial charge in [-0.05, 0) is 38.1 Å². The van der Waals surface area contributed by atoms with E-state index in [1.807, 2.05) is 32.0 Å². The van der Waals surface area contributed by atoms with Gasteiger partial charge in [0.25, 0.3) is 11.8 Å². The molecule has 0 atom stereocenters. The first-order chi connectivity index (χ1) is 10.1. The molecule has 0 spiro atoms. The monoisotopic (exact) mass is 286 g/mol. The quantitative estimate of drug-likeness (QED) is 0.826. The molecular weight excluding hydrogens is 268 g/mol. The van der Waals surface area contributed by atoms with Crippen LogP contribution in [0.15, 0.2) is 41.0 Å². The molecule has 110 valence electrons. The lowest BCUT2D eigenvalue weighted by Crippen LogP contribution is -2.34. The maximum atomic E-state index is 12.0. The molecule has 0 aliphatic heterocycles. The van der Waals surface area contributed by atoms with E-state index in [0.717, 1.165) is 11.1 Å². The van der Waals surface area contributed by atoms with Crippen molar-refractivity contribution in [3.8, 4) is 0 Å². The highest BCUT2D eigenvalue weighted by Crippen LogP contribution is 2.08. The van der Waals surface area contributed by atoms with Gasteiger partial charge in [-0.2, -0.15) is 0 Å². The molecule has 0 saturated carbocycles. The number of hydrogen-bond acceptors (Lipinski definition) is 3. The van der Waals surface area contributed by atoms with Crippen molar-refractivity contribution in [2.24, 2.45) is 0 Å². The average molecular weight is 286 g/mol. The van der Waals surface area contributed by atoms with Crippen molar-refractivity contribution in [2.45, 2.75) is 13.8 Å². The van der Waals surface area contributed by atoms with Gasteiger partial charge < -0.3 is 15.1 Å². The Morgan fingerprint density at radius 2 is 1.62 bits per heavy atom. The molecule has 2 N–H and O–H groups in total. The van der Waals surface area contributed by atoms with Crippen molar-refractivity contribution >= 4 is 11.8 Å².